The van der Waals surface area contributed by atoms with Gasteiger partial charge in [-0.1, -0.05) is 6.07 Å². The molecule has 102 valence electrons. The van der Waals surface area contributed by atoms with Crippen LogP contribution in [0, 0.1) is 6.92 Å². The third kappa shape index (κ3) is 4.48. The molecular formula is C13H12F3NOS. The highest BCUT2D eigenvalue weighted by Gasteiger charge is 2.31. The fraction of sp³-hybridized carbons (Fsp3) is 0.231. The van der Waals surface area contributed by atoms with Gasteiger partial charge >= 0.3 is 6.36 Å². The van der Waals surface area contributed by atoms with E-state index in [1.165, 1.54) is 23.1 Å². The van der Waals surface area contributed by atoms with E-state index in [1.54, 1.807) is 17.4 Å². The van der Waals surface area contributed by atoms with Crippen LogP contribution >= 0.6 is 11.3 Å². The van der Waals surface area contributed by atoms with Crippen LogP contribution in [-0.4, -0.2) is 6.36 Å². The van der Waals surface area contributed by atoms with Gasteiger partial charge in [-0.05, 0) is 31.2 Å². The molecule has 0 spiro atoms. The van der Waals surface area contributed by atoms with Gasteiger partial charge < -0.3 is 10.1 Å². The third-order valence-corrected chi connectivity index (χ3v) is 3.33. The molecule has 0 unspecified atom stereocenters. The van der Waals surface area contributed by atoms with E-state index >= 15 is 0 Å². The molecule has 2 nitrogen and oxygen atoms in total. The molecule has 0 bridgehead atoms. The minimum atomic E-state index is -4.66. The van der Waals surface area contributed by atoms with Gasteiger partial charge in [0.2, 0.25) is 0 Å². The Bertz CT molecular complexity index is 551. The first-order valence-corrected chi connectivity index (χ1v) is 6.39. The summed E-state index contributed by atoms with van der Waals surface area (Å²) in [6, 6.07) is 9.81. The Morgan fingerprint density at radius 3 is 2.63 bits per heavy atom. The average Bonchev–Trinajstić information content (AvgIpc) is 2.71. The monoisotopic (exact) mass is 287 g/mol. The summed E-state index contributed by atoms with van der Waals surface area (Å²) in [5, 5.41) is 3.06. The molecule has 1 N–H and O–H groups in total. The van der Waals surface area contributed by atoms with E-state index in [2.05, 4.69) is 10.1 Å². The number of hydrogen-bond acceptors (Lipinski definition) is 3. The highest BCUT2D eigenvalue weighted by Crippen LogP contribution is 2.25. The maximum Gasteiger partial charge on any atom is 0.573 e. The number of aryl methyl sites for hydroxylation is 1. The normalized spacial score (nSPS) is 11.4. The van der Waals surface area contributed by atoms with Crippen LogP contribution < -0.4 is 10.1 Å². The fourth-order valence-corrected chi connectivity index (χ4v) is 2.40. The molecule has 0 aliphatic rings. The van der Waals surface area contributed by atoms with Crippen molar-refractivity contribution in [1.29, 1.82) is 0 Å². The largest absolute Gasteiger partial charge is 0.573 e. The predicted molar refractivity (Wildman–Crippen MR) is 69.5 cm³/mol. The van der Waals surface area contributed by atoms with Crippen molar-refractivity contribution in [2.24, 2.45) is 0 Å². The van der Waals surface area contributed by atoms with E-state index in [0.29, 0.717) is 12.2 Å². The number of ether oxygens (including phenoxy) is 1. The summed E-state index contributed by atoms with van der Waals surface area (Å²) in [5.74, 6) is -0.222. The molecule has 0 aliphatic heterocycles. The lowest BCUT2D eigenvalue weighted by Gasteiger charge is -2.10. The van der Waals surface area contributed by atoms with Crippen LogP contribution in [0.25, 0.3) is 0 Å². The maximum absolute atomic E-state index is 12.1. The molecule has 0 radical (unpaired) electrons. The van der Waals surface area contributed by atoms with Crippen molar-refractivity contribution < 1.29 is 17.9 Å². The summed E-state index contributed by atoms with van der Waals surface area (Å²) in [7, 11) is 0. The number of benzene rings is 1. The lowest BCUT2D eigenvalue weighted by Crippen LogP contribution is -2.17. The van der Waals surface area contributed by atoms with Gasteiger partial charge in [-0.15, -0.1) is 24.5 Å². The van der Waals surface area contributed by atoms with Gasteiger partial charge in [-0.3, -0.25) is 0 Å². The standard InChI is InChI=1S/C13H12F3NOS/c1-9-5-6-12(19-9)8-17-10-3-2-4-11(7-10)18-13(14,15)16/h2-7,17H,8H2,1H3. The summed E-state index contributed by atoms with van der Waals surface area (Å²) < 4.78 is 40.1. The minimum Gasteiger partial charge on any atom is -0.406 e. The van der Waals surface area contributed by atoms with E-state index in [0.717, 1.165) is 4.88 Å². The first-order valence-electron chi connectivity index (χ1n) is 5.57. The van der Waals surface area contributed by atoms with E-state index in [9.17, 15) is 13.2 Å². The molecule has 0 amide bonds. The molecule has 19 heavy (non-hydrogen) atoms. The van der Waals surface area contributed by atoms with Gasteiger partial charge in [0.25, 0.3) is 0 Å². The van der Waals surface area contributed by atoms with Gasteiger partial charge in [-0.25, -0.2) is 0 Å². The first kappa shape index (κ1) is 13.7. The third-order valence-electron chi connectivity index (χ3n) is 2.33. The molecular weight excluding hydrogens is 275 g/mol. The number of nitrogens with one attached hydrogen (secondary N) is 1. The lowest BCUT2D eigenvalue weighted by atomic mass is 10.3. The Labute approximate surface area is 112 Å². The Morgan fingerprint density at radius 2 is 2.00 bits per heavy atom. The summed E-state index contributed by atoms with van der Waals surface area (Å²) in [6.45, 7) is 2.58. The molecule has 0 fully saturated rings. The smallest absolute Gasteiger partial charge is 0.406 e. The molecule has 0 aliphatic carbocycles. The second kappa shape index (κ2) is 5.52. The molecule has 6 heteroatoms. The molecule has 1 aromatic heterocycles. The maximum atomic E-state index is 12.1. The van der Waals surface area contributed by atoms with Crippen molar-refractivity contribution in [2.45, 2.75) is 19.8 Å². The van der Waals surface area contributed by atoms with Crippen LogP contribution in [0.2, 0.25) is 0 Å². The average molecular weight is 287 g/mol. The van der Waals surface area contributed by atoms with Crippen LogP contribution in [0.4, 0.5) is 18.9 Å². The van der Waals surface area contributed by atoms with E-state index < -0.39 is 6.36 Å². The van der Waals surface area contributed by atoms with Gasteiger partial charge in [0.1, 0.15) is 5.75 Å². The van der Waals surface area contributed by atoms with Crippen molar-refractivity contribution in [3.05, 3.63) is 46.2 Å². The molecule has 1 heterocycles. The zero-order valence-corrected chi connectivity index (χ0v) is 10.9. The zero-order valence-electron chi connectivity index (χ0n) is 10.1. The van der Waals surface area contributed by atoms with Crippen molar-refractivity contribution in [1.82, 2.24) is 0 Å². The van der Waals surface area contributed by atoms with Crippen molar-refractivity contribution in [3.63, 3.8) is 0 Å². The summed E-state index contributed by atoms with van der Waals surface area (Å²) in [6.07, 6.45) is -4.66. The van der Waals surface area contributed by atoms with Gasteiger partial charge in [0, 0.05) is 28.1 Å². The number of thiophene rings is 1. The van der Waals surface area contributed by atoms with Crippen LogP contribution in [0.5, 0.6) is 5.75 Å². The van der Waals surface area contributed by atoms with Gasteiger partial charge in [0.15, 0.2) is 0 Å². The van der Waals surface area contributed by atoms with Crippen LogP contribution in [0.3, 0.4) is 0 Å². The number of hydrogen-bond donors (Lipinski definition) is 1. The van der Waals surface area contributed by atoms with Gasteiger partial charge in [-0.2, -0.15) is 0 Å². The second-order valence-corrected chi connectivity index (χ2v) is 5.31. The fourth-order valence-electron chi connectivity index (χ4n) is 1.57. The molecule has 2 rings (SSSR count). The van der Waals surface area contributed by atoms with Gasteiger partial charge in [0.05, 0.1) is 0 Å². The Balaban J connectivity index is 1.99. The minimum absolute atomic E-state index is 0.222. The summed E-state index contributed by atoms with van der Waals surface area (Å²) in [4.78, 5) is 2.32. The molecule has 1 aromatic carbocycles. The number of alkyl halides is 3. The highest BCUT2D eigenvalue weighted by molar-refractivity contribution is 7.11. The summed E-state index contributed by atoms with van der Waals surface area (Å²) >= 11 is 1.65. The van der Waals surface area contributed by atoms with Crippen LogP contribution in [0.15, 0.2) is 36.4 Å². The Morgan fingerprint density at radius 1 is 1.21 bits per heavy atom. The van der Waals surface area contributed by atoms with E-state index in [1.807, 2.05) is 19.1 Å². The van der Waals surface area contributed by atoms with Crippen molar-refractivity contribution in [3.8, 4) is 5.75 Å². The van der Waals surface area contributed by atoms with Crippen molar-refractivity contribution in [2.75, 3.05) is 5.32 Å². The van der Waals surface area contributed by atoms with E-state index in [-0.39, 0.29) is 5.75 Å². The lowest BCUT2D eigenvalue weighted by molar-refractivity contribution is -0.274. The topological polar surface area (TPSA) is 21.3 Å². The van der Waals surface area contributed by atoms with E-state index in [4.69, 9.17) is 0 Å². The molecule has 0 saturated heterocycles. The summed E-state index contributed by atoms with van der Waals surface area (Å²) in [5.41, 5.74) is 0.591. The molecule has 2 aromatic rings. The Kier molecular flexibility index (Phi) is 3.99. The van der Waals surface area contributed by atoms with Crippen molar-refractivity contribution >= 4 is 17.0 Å². The van der Waals surface area contributed by atoms with Crippen LogP contribution in [0.1, 0.15) is 9.75 Å². The zero-order chi connectivity index (χ0) is 13.9. The SMILES string of the molecule is Cc1ccc(CNc2cccc(OC(F)(F)F)c2)s1. The number of rotatable bonds is 4. The number of halogens is 3. The molecule has 0 atom stereocenters. The second-order valence-electron chi connectivity index (χ2n) is 3.94. The molecule has 0 saturated carbocycles. The quantitative estimate of drug-likeness (QED) is 0.889. The number of anilines is 1. The first-order chi connectivity index (χ1) is 8.92. The highest BCUT2D eigenvalue weighted by atomic mass is 32.1. The Hall–Kier alpha value is -1.69. The predicted octanol–water partition coefficient (Wildman–Crippen LogP) is 4.57. The van der Waals surface area contributed by atoms with Crippen LogP contribution in [-0.2, 0) is 6.54 Å².